The molecule has 138 valence electrons. The van der Waals surface area contributed by atoms with Crippen molar-refractivity contribution in [3.8, 4) is 5.69 Å². The van der Waals surface area contributed by atoms with Crippen molar-refractivity contribution in [2.45, 2.75) is 24.6 Å². The first-order valence-corrected chi connectivity index (χ1v) is 9.21. The van der Waals surface area contributed by atoms with Crippen LogP contribution in [-0.4, -0.2) is 49.4 Å². The maximum atomic E-state index is 11.7. The molecular weight excluding hydrogens is 391 g/mol. The molecule has 1 aliphatic heterocycles. The van der Waals surface area contributed by atoms with E-state index >= 15 is 0 Å². The van der Waals surface area contributed by atoms with Crippen molar-refractivity contribution in [1.29, 1.82) is 0 Å². The second kappa shape index (κ2) is 6.09. The van der Waals surface area contributed by atoms with Gasteiger partial charge in [-0.15, -0.1) is 0 Å². The van der Waals surface area contributed by atoms with Gasteiger partial charge in [0.05, 0.1) is 30.2 Å². The number of aromatic nitrogens is 3. The largest absolute Gasteiger partial charge is 0.465 e. The van der Waals surface area contributed by atoms with E-state index in [1.165, 1.54) is 11.2 Å². The van der Waals surface area contributed by atoms with Crippen LogP contribution in [0.3, 0.4) is 0 Å². The molecule has 2 aromatic heterocycles. The molecule has 1 saturated heterocycles. The Balaban J connectivity index is 1.52. The number of morpholine rings is 1. The number of hydrogen-bond donors (Lipinski definition) is 1. The third-order valence-electron chi connectivity index (χ3n) is 5.12. The molecule has 27 heavy (non-hydrogen) atoms. The van der Waals surface area contributed by atoms with Gasteiger partial charge in [0.1, 0.15) is 16.6 Å². The SMILES string of the molecule is O=C(O)N1C(c2ccc(-n3c(Cl)cc4c(Cl)ncnc43)cc2)COC2CC21. The van der Waals surface area contributed by atoms with Gasteiger partial charge in [-0.2, -0.15) is 0 Å². The minimum absolute atomic E-state index is 0.0393. The number of amides is 1. The Hall–Kier alpha value is -2.35. The molecule has 7 nitrogen and oxygen atoms in total. The molecule has 0 spiro atoms. The molecule has 3 aromatic rings. The Bertz CT molecular complexity index is 1050. The Morgan fingerprint density at radius 3 is 2.74 bits per heavy atom. The molecule has 3 atom stereocenters. The molecule has 1 aromatic carbocycles. The van der Waals surface area contributed by atoms with E-state index in [1.54, 1.807) is 10.6 Å². The highest BCUT2D eigenvalue weighted by molar-refractivity contribution is 6.36. The summed E-state index contributed by atoms with van der Waals surface area (Å²) in [6, 6.07) is 8.93. The summed E-state index contributed by atoms with van der Waals surface area (Å²) in [6.07, 6.45) is 1.30. The van der Waals surface area contributed by atoms with Crippen LogP contribution in [0.5, 0.6) is 0 Å². The zero-order valence-electron chi connectivity index (χ0n) is 13.9. The van der Waals surface area contributed by atoms with Gasteiger partial charge in [0, 0.05) is 5.69 Å². The van der Waals surface area contributed by atoms with Crippen molar-refractivity contribution in [3.05, 3.63) is 52.5 Å². The van der Waals surface area contributed by atoms with Crippen LogP contribution in [-0.2, 0) is 4.74 Å². The van der Waals surface area contributed by atoms with Crippen LogP contribution in [0.2, 0.25) is 10.3 Å². The summed E-state index contributed by atoms with van der Waals surface area (Å²) in [7, 11) is 0. The Kier molecular flexibility index (Phi) is 3.79. The van der Waals surface area contributed by atoms with Crippen LogP contribution in [0.25, 0.3) is 16.7 Å². The summed E-state index contributed by atoms with van der Waals surface area (Å²) < 4.78 is 7.50. The number of halogens is 2. The first-order chi connectivity index (χ1) is 13.0. The summed E-state index contributed by atoms with van der Waals surface area (Å²) >= 11 is 12.5. The van der Waals surface area contributed by atoms with Gasteiger partial charge in [-0.05, 0) is 30.2 Å². The molecule has 3 heterocycles. The Morgan fingerprint density at radius 1 is 1.22 bits per heavy atom. The number of nitrogens with zero attached hydrogens (tertiary/aromatic N) is 4. The molecule has 0 radical (unpaired) electrons. The average molecular weight is 405 g/mol. The second-order valence-electron chi connectivity index (χ2n) is 6.68. The van der Waals surface area contributed by atoms with Crippen LogP contribution < -0.4 is 0 Å². The number of ether oxygens (including phenoxy) is 1. The molecule has 9 heteroatoms. The summed E-state index contributed by atoms with van der Waals surface area (Å²) in [5.74, 6) is 0. The molecule has 2 aliphatic rings. The maximum Gasteiger partial charge on any atom is 0.408 e. The number of rotatable bonds is 2. The lowest BCUT2D eigenvalue weighted by molar-refractivity contribution is -0.00565. The fraction of sp³-hybridized carbons (Fsp3) is 0.278. The molecule has 3 unspecified atom stereocenters. The predicted molar refractivity (Wildman–Crippen MR) is 99.6 cm³/mol. The van der Waals surface area contributed by atoms with Crippen LogP contribution in [0, 0.1) is 0 Å². The van der Waals surface area contributed by atoms with Gasteiger partial charge >= 0.3 is 6.09 Å². The molecule has 1 amide bonds. The van der Waals surface area contributed by atoms with Gasteiger partial charge in [0.15, 0.2) is 5.65 Å². The van der Waals surface area contributed by atoms with Gasteiger partial charge in [-0.25, -0.2) is 14.8 Å². The molecular formula is C18H14Cl2N4O3. The second-order valence-corrected chi connectivity index (χ2v) is 7.42. The summed E-state index contributed by atoms with van der Waals surface area (Å²) in [4.78, 5) is 21.4. The fourth-order valence-electron chi connectivity index (χ4n) is 3.73. The van der Waals surface area contributed by atoms with Gasteiger partial charge in [-0.1, -0.05) is 35.3 Å². The summed E-state index contributed by atoms with van der Waals surface area (Å²) in [5.41, 5.74) is 2.30. The quantitative estimate of drug-likeness (QED) is 0.654. The van der Waals surface area contributed by atoms with E-state index < -0.39 is 6.09 Å². The summed E-state index contributed by atoms with van der Waals surface area (Å²) in [6.45, 7) is 0.364. The van der Waals surface area contributed by atoms with Gasteiger partial charge in [0.25, 0.3) is 0 Å². The minimum Gasteiger partial charge on any atom is -0.465 e. The normalized spacial score (nSPS) is 24.1. The van der Waals surface area contributed by atoms with Crippen molar-refractivity contribution in [2.24, 2.45) is 0 Å². The maximum absolute atomic E-state index is 11.7. The number of hydrogen-bond acceptors (Lipinski definition) is 4. The van der Waals surface area contributed by atoms with E-state index in [9.17, 15) is 9.90 Å². The predicted octanol–water partition coefficient (Wildman–Crippen LogP) is 3.92. The average Bonchev–Trinajstić information content (AvgIpc) is 3.36. The van der Waals surface area contributed by atoms with E-state index in [4.69, 9.17) is 27.9 Å². The van der Waals surface area contributed by atoms with Gasteiger partial charge in [-0.3, -0.25) is 9.47 Å². The standard InChI is InChI=1S/C18H14Cl2N4O3/c19-15-5-11-16(20)21-8-22-17(11)23(15)10-3-1-9(2-4-10)13-7-27-14-6-12(14)24(13)18(25)26/h1-5,8,12-14H,6-7H2,(H,25,26). The lowest BCUT2D eigenvalue weighted by Crippen LogP contribution is -2.43. The van der Waals surface area contributed by atoms with Crippen molar-refractivity contribution < 1.29 is 14.6 Å². The highest BCUT2D eigenvalue weighted by Gasteiger charge is 2.52. The van der Waals surface area contributed by atoms with E-state index in [1.807, 2.05) is 24.3 Å². The van der Waals surface area contributed by atoms with E-state index in [0.717, 1.165) is 17.7 Å². The molecule has 1 N–H and O–H groups in total. The van der Waals surface area contributed by atoms with Gasteiger partial charge < -0.3 is 9.84 Å². The third kappa shape index (κ3) is 2.65. The number of benzene rings is 1. The van der Waals surface area contributed by atoms with E-state index in [-0.39, 0.29) is 18.2 Å². The van der Waals surface area contributed by atoms with E-state index in [2.05, 4.69) is 9.97 Å². The number of fused-ring (bicyclic) bond motifs is 2. The van der Waals surface area contributed by atoms with Crippen LogP contribution >= 0.6 is 23.2 Å². The molecule has 5 rings (SSSR count). The highest BCUT2D eigenvalue weighted by atomic mass is 35.5. The Morgan fingerprint density at radius 2 is 2.00 bits per heavy atom. The highest BCUT2D eigenvalue weighted by Crippen LogP contribution is 2.42. The molecule has 2 fully saturated rings. The van der Waals surface area contributed by atoms with Crippen LogP contribution in [0.4, 0.5) is 4.79 Å². The number of carbonyl (C=O) groups is 1. The van der Waals surface area contributed by atoms with Crippen LogP contribution in [0.1, 0.15) is 18.0 Å². The fourth-order valence-corrected chi connectivity index (χ4v) is 4.20. The van der Waals surface area contributed by atoms with Crippen molar-refractivity contribution in [3.63, 3.8) is 0 Å². The molecule has 0 bridgehead atoms. The zero-order valence-corrected chi connectivity index (χ0v) is 15.4. The topological polar surface area (TPSA) is 80.5 Å². The molecule has 1 aliphatic carbocycles. The van der Waals surface area contributed by atoms with E-state index in [0.29, 0.717) is 27.9 Å². The first kappa shape index (κ1) is 16.8. The van der Waals surface area contributed by atoms with Crippen molar-refractivity contribution in [1.82, 2.24) is 19.4 Å². The first-order valence-electron chi connectivity index (χ1n) is 8.45. The smallest absolute Gasteiger partial charge is 0.408 e. The van der Waals surface area contributed by atoms with Gasteiger partial charge in [0.2, 0.25) is 0 Å². The zero-order chi connectivity index (χ0) is 18.7. The van der Waals surface area contributed by atoms with Crippen molar-refractivity contribution >= 4 is 40.3 Å². The summed E-state index contributed by atoms with van der Waals surface area (Å²) in [5, 5.41) is 11.1. The monoisotopic (exact) mass is 404 g/mol. The minimum atomic E-state index is -0.911. The van der Waals surface area contributed by atoms with Crippen LogP contribution in [0.15, 0.2) is 36.7 Å². The van der Waals surface area contributed by atoms with Crippen molar-refractivity contribution in [2.75, 3.05) is 6.61 Å². The number of carboxylic acid groups (broad SMARTS) is 1. The third-order valence-corrected chi connectivity index (χ3v) is 5.70. The lowest BCUT2D eigenvalue weighted by atomic mass is 10.0. The molecule has 1 saturated carbocycles. The lowest BCUT2D eigenvalue weighted by Gasteiger charge is -2.33. The Labute approximate surface area is 164 Å².